The molecule has 124 valence electrons. The molecule has 0 aromatic heterocycles. The third-order valence-electron chi connectivity index (χ3n) is 3.06. The van der Waals surface area contributed by atoms with Crippen molar-refractivity contribution in [2.75, 3.05) is 31.7 Å². The second-order valence-corrected chi connectivity index (χ2v) is 5.07. The third kappa shape index (κ3) is 6.34. The summed E-state index contributed by atoms with van der Waals surface area (Å²) in [7, 11) is 1.94. The van der Waals surface area contributed by atoms with Gasteiger partial charge in [0.2, 0.25) is 0 Å². The second-order valence-electron chi connectivity index (χ2n) is 5.07. The first-order chi connectivity index (χ1) is 10.2. The van der Waals surface area contributed by atoms with Crippen LogP contribution in [0.15, 0.2) is 24.3 Å². The van der Waals surface area contributed by atoms with E-state index in [1.54, 1.807) is 19.1 Å². The molecule has 0 aliphatic carbocycles. The highest BCUT2D eigenvalue weighted by molar-refractivity contribution is 5.94. The number of amides is 1. The summed E-state index contributed by atoms with van der Waals surface area (Å²) in [5, 5.41) is 2.60. The molecule has 0 aliphatic rings. The van der Waals surface area contributed by atoms with Crippen LogP contribution in [0, 0.1) is 0 Å². The van der Waals surface area contributed by atoms with Crippen molar-refractivity contribution in [1.29, 1.82) is 0 Å². The number of carbonyl (C=O) groups excluding carboxylic acids is 1. The molecular weight excluding hydrogens is 297 g/mol. The number of hydrogen-bond acceptors (Lipinski definition) is 3. The summed E-state index contributed by atoms with van der Waals surface area (Å²) >= 11 is 0. The molecule has 0 heterocycles. The predicted molar refractivity (Wildman–Crippen MR) is 79.2 cm³/mol. The summed E-state index contributed by atoms with van der Waals surface area (Å²) in [6, 6.07) is 6.50. The van der Waals surface area contributed by atoms with Gasteiger partial charge < -0.3 is 15.0 Å². The van der Waals surface area contributed by atoms with Crippen molar-refractivity contribution < 1.29 is 22.7 Å². The number of hydrogen-bond donors (Lipinski definition) is 1. The Morgan fingerprint density at radius 3 is 2.41 bits per heavy atom. The van der Waals surface area contributed by atoms with E-state index in [-0.39, 0.29) is 12.5 Å². The molecule has 0 bridgehead atoms. The van der Waals surface area contributed by atoms with Gasteiger partial charge in [-0.25, -0.2) is 0 Å². The SMILES string of the molecule is CCN(C)c1ccc(C(=O)N[C@H](C)COCC(F)(F)F)cc1. The highest BCUT2D eigenvalue weighted by Crippen LogP contribution is 2.15. The lowest BCUT2D eigenvalue weighted by atomic mass is 10.1. The fourth-order valence-electron chi connectivity index (χ4n) is 1.75. The molecule has 1 amide bonds. The van der Waals surface area contributed by atoms with E-state index >= 15 is 0 Å². The number of alkyl halides is 3. The van der Waals surface area contributed by atoms with Gasteiger partial charge in [-0.15, -0.1) is 0 Å². The lowest BCUT2D eigenvalue weighted by Crippen LogP contribution is -2.36. The number of rotatable bonds is 7. The van der Waals surface area contributed by atoms with Gasteiger partial charge in [0, 0.05) is 30.9 Å². The summed E-state index contributed by atoms with van der Waals surface area (Å²) < 4.78 is 40.4. The van der Waals surface area contributed by atoms with Crippen LogP contribution in [0.3, 0.4) is 0 Å². The minimum atomic E-state index is -4.36. The molecule has 1 N–H and O–H groups in total. The van der Waals surface area contributed by atoms with Crippen molar-refractivity contribution in [3.63, 3.8) is 0 Å². The molecule has 1 atom stereocenters. The first kappa shape index (κ1) is 18.3. The standard InChI is InChI=1S/C15H21F3N2O2/c1-4-20(3)13-7-5-12(6-8-13)14(21)19-11(2)9-22-10-15(16,17)18/h5-8,11H,4,9-10H2,1-3H3,(H,19,21)/t11-/m1/s1. The molecule has 0 unspecified atom stereocenters. The van der Waals surface area contributed by atoms with Gasteiger partial charge in [-0.3, -0.25) is 4.79 Å². The quantitative estimate of drug-likeness (QED) is 0.840. The maximum Gasteiger partial charge on any atom is 0.411 e. The molecular formula is C15H21F3N2O2. The Kier molecular flexibility index (Phi) is 6.67. The number of benzene rings is 1. The van der Waals surface area contributed by atoms with E-state index in [0.29, 0.717) is 5.56 Å². The van der Waals surface area contributed by atoms with Crippen molar-refractivity contribution in [3.8, 4) is 0 Å². The van der Waals surface area contributed by atoms with Gasteiger partial charge >= 0.3 is 6.18 Å². The van der Waals surface area contributed by atoms with Crippen LogP contribution in [-0.4, -0.2) is 44.9 Å². The highest BCUT2D eigenvalue weighted by atomic mass is 19.4. The molecule has 1 rings (SSSR count). The molecule has 0 saturated carbocycles. The number of carbonyl (C=O) groups is 1. The molecule has 7 heteroatoms. The van der Waals surface area contributed by atoms with Crippen LogP contribution >= 0.6 is 0 Å². The number of anilines is 1. The van der Waals surface area contributed by atoms with Crippen molar-refractivity contribution in [2.24, 2.45) is 0 Å². The Morgan fingerprint density at radius 1 is 1.32 bits per heavy atom. The maximum atomic E-state index is 12.0. The van der Waals surface area contributed by atoms with Crippen LogP contribution in [0.1, 0.15) is 24.2 Å². The lowest BCUT2D eigenvalue weighted by molar-refractivity contribution is -0.174. The zero-order valence-electron chi connectivity index (χ0n) is 12.9. The van der Waals surface area contributed by atoms with Gasteiger partial charge in [0.25, 0.3) is 5.91 Å². The van der Waals surface area contributed by atoms with Gasteiger partial charge in [-0.05, 0) is 38.1 Å². The van der Waals surface area contributed by atoms with Gasteiger partial charge in [-0.2, -0.15) is 13.2 Å². The van der Waals surface area contributed by atoms with E-state index in [9.17, 15) is 18.0 Å². The zero-order chi connectivity index (χ0) is 16.8. The average molecular weight is 318 g/mol. The Morgan fingerprint density at radius 2 is 1.91 bits per heavy atom. The average Bonchev–Trinajstić information content (AvgIpc) is 2.45. The Bertz CT molecular complexity index is 475. The number of ether oxygens (including phenoxy) is 1. The van der Waals surface area contributed by atoms with Crippen molar-refractivity contribution >= 4 is 11.6 Å². The van der Waals surface area contributed by atoms with Crippen LogP contribution in [0.5, 0.6) is 0 Å². The van der Waals surface area contributed by atoms with Gasteiger partial charge in [0.1, 0.15) is 6.61 Å². The predicted octanol–water partition coefficient (Wildman–Crippen LogP) is 2.84. The number of nitrogens with zero attached hydrogens (tertiary/aromatic N) is 1. The molecule has 22 heavy (non-hydrogen) atoms. The summed E-state index contributed by atoms with van der Waals surface area (Å²) in [6.45, 7) is 2.95. The zero-order valence-corrected chi connectivity index (χ0v) is 12.9. The Hall–Kier alpha value is -1.76. The van der Waals surface area contributed by atoms with E-state index in [1.165, 1.54) is 0 Å². The van der Waals surface area contributed by atoms with Crippen LogP contribution in [0.2, 0.25) is 0 Å². The normalized spacial score (nSPS) is 12.8. The minimum Gasteiger partial charge on any atom is -0.375 e. The minimum absolute atomic E-state index is 0.193. The summed E-state index contributed by atoms with van der Waals surface area (Å²) in [6.07, 6.45) is -4.36. The molecule has 1 aromatic carbocycles. The van der Waals surface area contributed by atoms with Gasteiger partial charge in [0.05, 0.1) is 6.61 Å². The number of halogens is 3. The summed E-state index contributed by atoms with van der Waals surface area (Å²) in [5.41, 5.74) is 1.44. The molecule has 0 aliphatic heterocycles. The third-order valence-corrected chi connectivity index (χ3v) is 3.06. The molecule has 0 fully saturated rings. The monoisotopic (exact) mass is 318 g/mol. The van der Waals surface area contributed by atoms with Crippen LogP contribution in [-0.2, 0) is 4.74 Å². The highest BCUT2D eigenvalue weighted by Gasteiger charge is 2.27. The maximum absolute atomic E-state index is 12.0. The fraction of sp³-hybridized carbons (Fsp3) is 0.533. The molecule has 0 radical (unpaired) electrons. The molecule has 4 nitrogen and oxygen atoms in total. The number of nitrogens with one attached hydrogen (secondary N) is 1. The fourth-order valence-corrected chi connectivity index (χ4v) is 1.75. The Balaban J connectivity index is 2.47. The molecule has 0 spiro atoms. The van der Waals surface area contributed by atoms with E-state index in [0.717, 1.165) is 12.2 Å². The van der Waals surface area contributed by atoms with E-state index < -0.39 is 18.8 Å². The van der Waals surface area contributed by atoms with Crippen molar-refractivity contribution in [1.82, 2.24) is 5.32 Å². The largest absolute Gasteiger partial charge is 0.411 e. The first-order valence-corrected chi connectivity index (χ1v) is 6.99. The second kappa shape index (κ2) is 8.03. The van der Waals surface area contributed by atoms with Gasteiger partial charge in [-0.1, -0.05) is 0 Å². The summed E-state index contributed by atoms with van der Waals surface area (Å²) in [4.78, 5) is 14.0. The van der Waals surface area contributed by atoms with Crippen molar-refractivity contribution in [3.05, 3.63) is 29.8 Å². The molecule has 0 saturated heterocycles. The van der Waals surface area contributed by atoms with Crippen LogP contribution in [0.4, 0.5) is 18.9 Å². The van der Waals surface area contributed by atoms with E-state index in [1.807, 2.05) is 31.0 Å². The lowest BCUT2D eigenvalue weighted by Gasteiger charge is -2.18. The molecule has 1 aromatic rings. The van der Waals surface area contributed by atoms with E-state index in [4.69, 9.17) is 0 Å². The van der Waals surface area contributed by atoms with Crippen molar-refractivity contribution in [2.45, 2.75) is 26.1 Å². The van der Waals surface area contributed by atoms with Gasteiger partial charge in [0.15, 0.2) is 0 Å². The first-order valence-electron chi connectivity index (χ1n) is 6.99. The smallest absolute Gasteiger partial charge is 0.375 e. The van der Waals surface area contributed by atoms with Crippen LogP contribution < -0.4 is 10.2 Å². The van der Waals surface area contributed by atoms with Crippen LogP contribution in [0.25, 0.3) is 0 Å². The summed E-state index contributed by atoms with van der Waals surface area (Å²) in [5.74, 6) is -0.339. The Labute approximate surface area is 128 Å². The topological polar surface area (TPSA) is 41.6 Å². The van der Waals surface area contributed by atoms with E-state index in [2.05, 4.69) is 10.1 Å².